The summed E-state index contributed by atoms with van der Waals surface area (Å²) in [6.45, 7) is 8.09. The fourth-order valence-electron chi connectivity index (χ4n) is 3.51. The molecule has 2 atom stereocenters. The molecule has 0 aromatic rings. The van der Waals surface area contributed by atoms with Crippen LogP contribution in [-0.4, -0.2) is 12.6 Å². The maximum absolute atomic E-state index is 3.64. The Morgan fingerprint density at radius 2 is 1.53 bits per heavy atom. The molecule has 1 rings (SSSR count). The molecule has 2 unspecified atom stereocenters. The van der Waals surface area contributed by atoms with E-state index >= 15 is 0 Å². The van der Waals surface area contributed by atoms with Crippen molar-refractivity contribution in [3.05, 3.63) is 0 Å². The topological polar surface area (TPSA) is 12.0 Å². The lowest BCUT2D eigenvalue weighted by Crippen LogP contribution is -2.30. The summed E-state index contributed by atoms with van der Waals surface area (Å²) in [4.78, 5) is 0. The predicted molar refractivity (Wildman–Crippen MR) is 86.6 cm³/mol. The maximum atomic E-state index is 3.64. The van der Waals surface area contributed by atoms with Crippen LogP contribution in [0.15, 0.2) is 0 Å². The Morgan fingerprint density at radius 1 is 0.895 bits per heavy atom. The molecule has 0 aromatic carbocycles. The first-order valence-electron chi connectivity index (χ1n) is 8.97. The summed E-state index contributed by atoms with van der Waals surface area (Å²) in [6.07, 6.45) is 16.1. The van der Waals surface area contributed by atoms with Gasteiger partial charge >= 0.3 is 0 Å². The second kappa shape index (κ2) is 10.7. The van der Waals surface area contributed by atoms with Crippen molar-refractivity contribution in [1.82, 2.24) is 5.32 Å². The van der Waals surface area contributed by atoms with Gasteiger partial charge in [-0.3, -0.25) is 0 Å². The third kappa shape index (κ3) is 7.97. The average molecular weight is 268 g/mol. The molecule has 1 heteroatoms. The van der Waals surface area contributed by atoms with Crippen molar-refractivity contribution in [3.63, 3.8) is 0 Å². The molecule has 1 saturated carbocycles. The zero-order valence-electron chi connectivity index (χ0n) is 13.7. The molecule has 0 spiro atoms. The van der Waals surface area contributed by atoms with Gasteiger partial charge in [-0.15, -0.1) is 0 Å². The molecule has 1 N–H and O–H groups in total. The minimum Gasteiger partial charge on any atom is -0.314 e. The molecule has 0 radical (unpaired) electrons. The minimum absolute atomic E-state index is 0.653. The highest BCUT2D eigenvalue weighted by Crippen LogP contribution is 2.35. The first kappa shape index (κ1) is 17.0. The summed E-state index contributed by atoms with van der Waals surface area (Å²) in [6, 6.07) is 0.653. The molecular formula is C18H37N. The second-order valence-corrected chi connectivity index (χ2v) is 6.92. The summed E-state index contributed by atoms with van der Waals surface area (Å²) < 4.78 is 0. The first-order chi connectivity index (χ1) is 9.24. The van der Waals surface area contributed by atoms with Crippen molar-refractivity contribution in [2.75, 3.05) is 6.54 Å². The lowest BCUT2D eigenvalue weighted by molar-refractivity contribution is 0.328. The van der Waals surface area contributed by atoms with Crippen molar-refractivity contribution >= 4 is 0 Å². The van der Waals surface area contributed by atoms with Crippen LogP contribution in [0, 0.1) is 11.8 Å². The normalized spacial score (nSPS) is 23.4. The van der Waals surface area contributed by atoms with Gasteiger partial charge in [-0.25, -0.2) is 0 Å². The number of unbranched alkanes of at least 4 members (excludes halogenated alkanes) is 6. The molecule has 1 fully saturated rings. The third-order valence-electron chi connectivity index (χ3n) is 4.78. The van der Waals surface area contributed by atoms with Gasteiger partial charge < -0.3 is 5.32 Å². The molecule has 114 valence electrons. The van der Waals surface area contributed by atoms with Gasteiger partial charge in [-0.05, 0) is 24.8 Å². The van der Waals surface area contributed by atoms with E-state index in [1.807, 2.05) is 0 Å². The Morgan fingerprint density at radius 3 is 2.21 bits per heavy atom. The number of hydrogen-bond donors (Lipinski definition) is 1. The van der Waals surface area contributed by atoms with E-state index in [2.05, 4.69) is 26.1 Å². The maximum Gasteiger partial charge on any atom is 0.00104 e. The SMILES string of the molecule is CCCCCCCCCC1CCCC1CNC(C)C. The Hall–Kier alpha value is -0.0400. The Labute approximate surface area is 121 Å². The van der Waals surface area contributed by atoms with Crippen LogP contribution in [0.3, 0.4) is 0 Å². The van der Waals surface area contributed by atoms with E-state index in [9.17, 15) is 0 Å². The van der Waals surface area contributed by atoms with Gasteiger partial charge in [0.25, 0.3) is 0 Å². The Balaban J connectivity index is 2.01. The number of nitrogens with one attached hydrogen (secondary N) is 1. The molecule has 19 heavy (non-hydrogen) atoms. The zero-order chi connectivity index (χ0) is 13.9. The van der Waals surface area contributed by atoms with Gasteiger partial charge in [-0.1, -0.05) is 85.0 Å². The Bertz CT molecular complexity index is 200. The molecule has 1 aliphatic carbocycles. The first-order valence-corrected chi connectivity index (χ1v) is 8.97. The van der Waals surface area contributed by atoms with Crippen LogP contribution < -0.4 is 5.32 Å². The molecular weight excluding hydrogens is 230 g/mol. The average Bonchev–Trinajstić information content (AvgIpc) is 2.83. The van der Waals surface area contributed by atoms with Gasteiger partial charge in [0.2, 0.25) is 0 Å². The van der Waals surface area contributed by atoms with Crippen LogP contribution in [0.5, 0.6) is 0 Å². The van der Waals surface area contributed by atoms with E-state index in [1.54, 1.807) is 0 Å². The molecule has 1 aliphatic rings. The van der Waals surface area contributed by atoms with Gasteiger partial charge in [0.15, 0.2) is 0 Å². The molecule has 0 aromatic heterocycles. The smallest absolute Gasteiger partial charge is 0.00104 e. The predicted octanol–water partition coefficient (Wildman–Crippen LogP) is 5.54. The van der Waals surface area contributed by atoms with Gasteiger partial charge in [0.1, 0.15) is 0 Å². The van der Waals surface area contributed by atoms with E-state index in [4.69, 9.17) is 0 Å². The highest BCUT2D eigenvalue weighted by Gasteiger charge is 2.26. The summed E-state index contributed by atoms with van der Waals surface area (Å²) in [5.74, 6) is 2.00. The molecule has 0 saturated heterocycles. The van der Waals surface area contributed by atoms with Crippen molar-refractivity contribution in [2.45, 2.75) is 97.4 Å². The van der Waals surface area contributed by atoms with E-state index in [1.165, 1.54) is 77.2 Å². The van der Waals surface area contributed by atoms with Crippen molar-refractivity contribution in [2.24, 2.45) is 11.8 Å². The lowest BCUT2D eigenvalue weighted by Gasteiger charge is -2.21. The summed E-state index contributed by atoms with van der Waals surface area (Å²) in [7, 11) is 0. The monoisotopic (exact) mass is 267 g/mol. The molecule has 0 heterocycles. The summed E-state index contributed by atoms with van der Waals surface area (Å²) in [5.41, 5.74) is 0. The fraction of sp³-hybridized carbons (Fsp3) is 1.00. The molecule has 1 nitrogen and oxygen atoms in total. The van der Waals surface area contributed by atoms with Crippen molar-refractivity contribution in [1.29, 1.82) is 0 Å². The summed E-state index contributed by atoms with van der Waals surface area (Å²) >= 11 is 0. The summed E-state index contributed by atoms with van der Waals surface area (Å²) in [5, 5.41) is 3.64. The van der Waals surface area contributed by atoms with E-state index in [0.29, 0.717) is 6.04 Å². The van der Waals surface area contributed by atoms with Crippen LogP contribution in [0.2, 0.25) is 0 Å². The third-order valence-corrected chi connectivity index (χ3v) is 4.78. The van der Waals surface area contributed by atoms with Crippen LogP contribution in [0.1, 0.15) is 91.4 Å². The van der Waals surface area contributed by atoms with Crippen LogP contribution in [-0.2, 0) is 0 Å². The van der Waals surface area contributed by atoms with Crippen molar-refractivity contribution < 1.29 is 0 Å². The van der Waals surface area contributed by atoms with Gasteiger partial charge in [0.05, 0.1) is 0 Å². The Kier molecular flexibility index (Phi) is 9.59. The quantitative estimate of drug-likeness (QED) is 0.485. The van der Waals surface area contributed by atoms with Crippen molar-refractivity contribution in [3.8, 4) is 0 Å². The van der Waals surface area contributed by atoms with E-state index < -0.39 is 0 Å². The highest BCUT2D eigenvalue weighted by molar-refractivity contribution is 4.79. The minimum atomic E-state index is 0.653. The highest BCUT2D eigenvalue weighted by atomic mass is 14.9. The standard InChI is InChI=1S/C18H37N/c1-4-5-6-7-8-9-10-12-17-13-11-14-18(17)15-19-16(2)3/h16-19H,4-15H2,1-3H3. The molecule has 0 amide bonds. The van der Waals surface area contributed by atoms with Crippen LogP contribution in [0.4, 0.5) is 0 Å². The van der Waals surface area contributed by atoms with Crippen LogP contribution in [0.25, 0.3) is 0 Å². The van der Waals surface area contributed by atoms with Crippen LogP contribution >= 0.6 is 0 Å². The van der Waals surface area contributed by atoms with E-state index in [0.717, 1.165) is 11.8 Å². The fourth-order valence-corrected chi connectivity index (χ4v) is 3.51. The lowest BCUT2D eigenvalue weighted by atomic mass is 9.90. The molecule has 0 aliphatic heterocycles. The van der Waals surface area contributed by atoms with E-state index in [-0.39, 0.29) is 0 Å². The second-order valence-electron chi connectivity index (χ2n) is 6.92. The van der Waals surface area contributed by atoms with Gasteiger partial charge in [-0.2, -0.15) is 0 Å². The number of hydrogen-bond acceptors (Lipinski definition) is 1. The number of rotatable bonds is 11. The molecule has 0 bridgehead atoms. The largest absolute Gasteiger partial charge is 0.314 e. The zero-order valence-corrected chi connectivity index (χ0v) is 13.7. The van der Waals surface area contributed by atoms with Gasteiger partial charge in [0, 0.05) is 6.04 Å².